The van der Waals surface area contributed by atoms with Crippen molar-refractivity contribution in [2.45, 2.75) is 33.2 Å². The number of nitrogens with one attached hydrogen (secondary N) is 2. The molecule has 2 N–H and O–H groups in total. The summed E-state index contributed by atoms with van der Waals surface area (Å²) in [6.45, 7) is 6.68. The van der Waals surface area contributed by atoms with Crippen molar-refractivity contribution in [2.24, 2.45) is 5.92 Å². The van der Waals surface area contributed by atoms with Crippen molar-refractivity contribution in [1.29, 1.82) is 0 Å². The van der Waals surface area contributed by atoms with E-state index in [0.29, 0.717) is 24.7 Å². The highest BCUT2D eigenvalue weighted by atomic mass is 16.5. The molecule has 0 spiro atoms. The third-order valence-electron chi connectivity index (χ3n) is 5.78. The lowest BCUT2D eigenvalue weighted by Crippen LogP contribution is -2.40. The van der Waals surface area contributed by atoms with Gasteiger partial charge in [0, 0.05) is 25.6 Å². The molecular formula is C24H30N4O3. The standard InChI is InChI=1S/C24H30N4O3/c1-4-31-22-14-17(6-8-21(22)30-3)15-25-23(29)18-9-11-28(12-10-18)24-26-19-7-5-16(2)13-20(19)27-24/h5-8,13-14,18H,4,9-12,15H2,1-3H3,(H,25,29)(H,26,27). The molecule has 0 saturated carbocycles. The second-order valence-corrected chi connectivity index (χ2v) is 7.98. The van der Waals surface area contributed by atoms with Crippen molar-refractivity contribution in [3.05, 3.63) is 47.5 Å². The second-order valence-electron chi connectivity index (χ2n) is 7.98. The average molecular weight is 423 g/mol. The maximum absolute atomic E-state index is 12.7. The number of aryl methyl sites for hydroxylation is 1. The van der Waals surface area contributed by atoms with Gasteiger partial charge in [-0.1, -0.05) is 12.1 Å². The van der Waals surface area contributed by atoms with Crippen molar-refractivity contribution < 1.29 is 14.3 Å². The van der Waals surface area contributed by atoms with Gasteiger partial charge in [-0.05, 0) is 62.1 Å². The molecule has 0 radical (unpaired) electrons. The average Bonchev–Trinajstić information content (AvgIpc) is 3.21. The van der Waals surface area contributed by atoms with E-state index in [0.717, 1.165) is 48.5 Å². The van der Waals surface area contributed by atoms with Gasteiger partial charge in [0.2, 0.25) is 11.9 Å². The number of benzene rings is 2. The third kappa shape index (κ3) is 4.76. The molecular weight excluding hydrogens is 392 g/mol. The molecule has 164 valence electrons. The van der Waals surface area contributed by atoms with Crippen LogP contribution in [0.4, 0.5) is 5.95 Å². The molecule has 1 amide bonds. The molecule has 7 nitrogen and oxygen atoms in total. The fourth-order valence-electron chi connectivity index (χ4n) is 4.05. The van der Waals surface area contributed by atoms with E-state index in [9.17, 15) is 4.79 Å². The van der Waals surface area contributed by atoms with E-state index >= 15 is 0 Å². The van der Waals surface area contributed by atoms with Crippen LogP contribution in [0.5, 0.6) is 11.5 Å². The van der Waals surface area contributed by atoms with Crippen LogP contribution >= 0.6 is 0 Å². The highest BCUT2D eigenvalue weighted by Crippen LogP contribution is 2.28. The number of aromatic amines is 1. The summed E-state index contributed by atoms with van der Waals surface area (Å²) in [5.41, 5.74) is 4.24. The molecule has 1 aliphatic heterocycles. The number of ether oxygens (including phenoxy) is 2. The molecule has 31 heavy (non-hydrogen) atoms. The van der Waals surface area contributed by atoms with Crippen LogP contribution in [0.15, 0.2) is 36.4 Å². The molecule has 7 heteroatoms. The monoisotopic (exact) mass is 422 g/mol. The first kappa shape index (κ1) is 21.0. The van der Waals surface area contributed by atoms with Crippen LogP contribution in [0, 0.1) is 12.8 Å². The lowest BCUT2D eigenvalue weighted by atomic mass is 9.96. The Morgan fingerprint density at radius 2 is 2.00 bits per heavy atom. The summed E-state index contributed by atoms with van der Waals surface area (Å²) in [5.74, 6) is 2.42. The van der Waals surface area contributed by atoms with Crippen LogP contribution in [-0.4, -0.2) is 42.7 Å². The third-order valence-corrected chi connectivity index (χ3v) is 5.78. The van der Waals surface area contributed by atoms with Crippen LogP contribution in [0.1, 0.15) is 30.9 Å². The number of methoxy groups -OCH3 is 1. The number of nitrogens with zero attached hydrogens (tertiary/aromatic N) is 2. The smallest absolute Gasteiger partial charge is 0.223 e. The number of anilines is 1. The van der Waals surface area contributed by atoms with Crippen molar-refractivity contribution in [3.63, 3.8) is 0 Å². The Hall–Kier alpha value is -3.22. The van der Waals surface area contributed by atoms with Crippen LogP contribution in [0.25, 0.3) is 11.0 Å². The van der Waals surface area contributed by atoms with Gasteiger partial charge >= 0.3 is 0 Å². The van der Waals surface area contributed by atoms with Crippen LogP contribution in [-0.2, 0) is 11.3 Å². The highest BCUT2D eigenvalue weighted by Gasteiger charge is 2.26. The largest absolute Gasteiger partial charge is 0.493 e. The molecule has 0 unspecified atom stereocenters. The van der Waals surface area contributed by atoms with Crippen molar-refractivity contribution in [3.8, 4) is 11.5 Å². The number of aromatic nitrogens is 2. The number of hydrogen-bond acceptors (Lipinski definition) is 5. The second kappa shape index (κ2) is 9.29. The number of piperidine rings is 1. The van der Waals surface area contributed by atoms with Gasteiger partial charge in [0.15, 0.2) is 11.5 Å². The Bertz CT molecular complexity index is 1050. The molecule has 1 saturated heterocycles. The molecule has 1 fully saturated rings. The van der Waals surface area contributed by atoms with E-state index in [1.54, 1.807) is 7.11 Å². The summed E-state index contributed by atoms with van der Waals surface area (Å²) in [6, 6.07) is 12.0. The molecule has 4 rings (SSSR count). The number of fused-ring (bicyclic) bond motifs is 1. The Labute approximate surface area is 182 Å². The van der Waals surface area contributed by atoms with Gasteiger partial charge in [-0.2, -0.15) is 0 Å². The first-order chi connectivity index (χ1) is 15.1. The molecule has 3 aromatic rings. The van der Waals surface area contributed by atoms with Gasteiger partial charge < -0.3 is 24.7 Å². The van der Waals surface area contributed by atoms with Gasteiger partial charge in [-0.3, -0.25) is 4.79 Å². The molecule has 1 aromatic heterocycles. The van der Waals surface area contributed by atoms with E-state index in [-0.39, 0.29) is 11.8 Å². The first-order valence-electron chi connectivity index (χ1n) is 10.9. The van der Waals surface area contributed by atoms with Gasteiger partial charge in [0.25, 0.3) is 0 Å². The van der Waals surface area contributed by atoms with Crippen molar-refractivity contribution >= 4 is 22.9 Å². The lowest BCUT2D eigenvalue weighted by Gasteiger charge is -2.31. The fraction of sp³-hybridized carbons (Fsp3) is 0.417. The number of imidazole rings is 1. The summed E-state index contributed by atoms with van der Waals surface area (Å²) in [7, 11) is 1.62. The summed E-state index contributed by atoms with van der Waals surface area (Å²) >= 11 is 0. The van der Waals surface area contributed by atoms with Crippen molar-refractivity contribution in [2.75, 3.05) is 31.7 Å². The molecule has 0 aliphatic carbocycles. The summed E-state index contributed by atoms with van der Waals surface area (Å²) in [6.07, 6.45) is 1.63. The predicted molar refractivity (Wildman–Crippen MR) is 122 cm³/mol. The Balaban J connectivity index is 1.31. The van der Waals surface area contributed by atoms with E-state index in [4.69, 9.17) is 14.5 Å². The zero-order valence-electron chi connectivity index (χ0n) is 18.4. The van der Waals surface area contributed by atoms with E-state index < -0.39 is 0 Å². The molecule has 0 atom stereocenters. The number of hydrogen-bond donors (Lipinski definition) is 2. The minimum Gasteiger partial charge on any atom is -0.493 e. The first-order valence-corrected chi connectivity index (χ1v) is 10.9. The molecule has 2 heterocycles. The van der Waals surface area contributed by atoms with Crippen LogP contribution in [0.2, 0.25) is 0 Å². The summed E-state index contributed by atoms with van der Waals surface area (Å²) in [4.78, 5) is 23.1. The Morgan fingerprint density at radius 3 is 2.74 bits per heavy atom. The normalized spacial score (nSPS) is 14.6. The zero-order valence-corrected chi connectivity index (χ0v) is 18.4. The number of carbonyl (C=O) groups excluding carboxylic acids is 1. The Morgan fingerprint density at radius 1 is 1.19 bits per heavy atom. The quantitative estimate of drug-likeness (QED) is 0.605. The van der Waals surface area contributed by atoms with Crippen LogP contribution in [0.3, 0.4) is 0 Å². The number of H-pyrrole nitrogens is 1. The van der Waals surface area contributed by atoms with Gasteiger partial charge in [0.05, 0.1) is 24.8 Å². The van der Waals surface area contributed by atoms with E-state index in [1.165, 1.54) is 5.56 Å². The molecule has 1 aliphatic rings. The topological polar surface area (TPSA) is 79.5 Å². The Kier molecular flexibility index (Phi) is 6.30. The summed E-state index contributed by atoms with van der Waals surface area (Å²) < 4.78 is 10.9. The number of rotatable bonds is 7. The van der Waals surface area contributed by atoms with E-state index in [1.807, 2.05) is 31.2 Å². The minimum atomic E-state index is 0.0208. The zero-order chi connectivity index (χ0) is 21.8. The van der Waals surface area contributed by atoms with Crippen LogP contribution < -0.4 is 19.7 Å². The lowest BCUT2D eigenvalue weighted by molar-refractivity contribution is -0.125. The predicted octanol–water partition coefficient (Wildman–Crippen LogP) is 3.81. The minimum absolute atomic E-state index is 0.0208. The fourth-order valence-corrected chi connectivity index (χ4v) is 4.05. The maximum Gasteiger partial charge on any atom is 0.223 e. The number of carbonyl (C=O) groups is 1. The SMILES string of the molecule is CCOc1cc(CNC(=O)C2CCN(c3nc4ccc(C)cc4[nH]3)CC2)ccc1OC. The molecule has 2 aromatic carbocycles. The highest BCUT2D eigenvalue weighted by molar-refractivity contribution is 5.80. The van der Waals surface area contributed by atoms with Gasteiger partial charge in [-0.25, -0.2) is 4.98 Å². The number of amides is 1. The maximum atomic E-state index is 12.7. The van der Waals surface area contributed by atoms with Crippen molar-refractivity contribution in [1.82, 2.24) is 15.3 Å². The van der Waals surface area contributed by atoms with Gasteiger partial charge in [-0.15, -0.1) is 0 Å². The van der Waals surface area contributed by atoms with E-state index in [2.05, 4.69) is 34.3 Å². The molecule has 0 bridgehead atoms. The van der Waals surface area contributed by atoms with Gasteiger partial charge in [0.1, 0.15) is 0 Å². The summed E-state index contributed by atoms with van der Waals surface area (Å²) in [5, 5.41) is 3.08.